The number of fused-ring (bicyclic) bond motifs is 1. The van der Waals surface area contributed by atoms with Gasteiger partial charge in [-0.05, 0) is 91.1 Å². The predicted octanol–water partition coefficient (Wildman–Crippen LogP) is 5.73. The number of benzene rings is 2. The maximum Gasteiger partial charge on any atom is 0.306 e. The minimum atomic E-state index is -0.648. The van der Waals surface area contributed by atoms with Gasteiger partial charge in [0, 0.05) is 6.54 Å². The van der Waals surface area contributed by atoms with Crippen LogP contribution in [0.25, 0.3) is 10.8 Å². The van der Waals surface area contributed by atoms with Crippen LogP contribution in [0.3, 0.4) is 0 Å². The van der Waals surface area contributed by atoms with Crippen LogP contribution in [0.2, 0.25) is 0 Å². The second kappa shape index (κ2) is 8.58. The molecule has 4 heteroatoms. The molecule has 1 saturated heterocycles. The molecule has 1 saturated carbocycles. The third-order valence-electron chi connectivity index (χ3n) is 6.87. The first kappa shape index (κ1) is 21.2. The molecule has 4 rings (SSSR count). The van der Waals surface area contributed by atoms with Crippen molar-refractivity contribution in [1.29, 1.82) is 0 Å². The number of carboxylic acids is 1. The molecule has 30 heavy (non-hydrogen) atoms. The SMILES string of the molecule is CC1CC(Oc2ccc3cc(CN4CCC(C(=O)O)CC4)ccc3c2)CC(C)(C)C1. The van der Waals surface area contributed by atoms with Crippen molar-refractivity contribution in [3.05, 3.63) is 42.0 Å². The minimum Gasteiger partial charge on any atom is -0.490 e. The molecule has 0 spiro atoms. The van der Waals surface area contributed by atoms with Crippen LogP contribution in [0, 0.1) is 17.3 Å². The molecular formula is C26H35NO3. The molecule has 0 bridgehead atoms. The lowest BCUT2D eigenvalue weighted by atomic mass is 9.71. The zero-order chi connectivity index (χ0) is 21.3. The van der Waals surface area contributed by atoms with Gasteiger partial charge >= 0.3 is 5.97 Å². The van der Waals surface area contributed by atoms with Crippen LogP contribution in [-0.2, 0) is 11.3 Å². The average molecular weight is 410 g/mol. The van der Waals surface area contributed by atoms with Crippen LogP contribution in [0.4, 0.5) is 0 Å². The zero-order valence-electron chi connectivity index (χ0n) is 18.6. The van der Waals surface area contributed by atoms with Crippen molar-refractivity contribution >= 4 is 16.7 Å². The first-order valence-corrected chi connectivity index (χ1v) is 11.4. The number of carboxylic acid groups (broad SMARTS) is 1. The number of aliphatic carboxylic acids is 1. The Morgan fingerprint density at radius 3 is 2.50 bits per heavy atom. The third kappa shape index (κ3) is 5.15. The van der Waals surface area contributed by atoms with Gasteiger partial charge in [0.05, 0.1) is 12.0 Å². The van der Waals surface area contributed by atoms with Gasteiger partial charge in [-0.1, -0.05) is 39.0 Å². The van der Waals surface area contributed by atoms with E-state index in [1.165, 1.54) is 22.8 Å². The lowest BCUT2D eigenvalue weighted by molar-refractivity contribution is -0.143. The zero-order valence-corrected chi connectivity index (χ0v) is 18.6. The van der Waals surface area contributed by atoms with Crippen molar-refractivity contribution in [3.8, 4) is 5.75 Å². The Morgan fingerprint density at radius 2 is 1.80 bits per heavy atom. The Labute approximate surface area is 180 Å². The number of rotatable bonds is 5. The lowest BCUT2D eigenvalue weighted by Crippen LogP contribution is -2.35. The van der Waals surface area contributed by atoms with Crippen molar-refractivity contribution in [3.63, 3.8) is 0 Å². The molecule has 4 nitrogen and oxygen atoms in total. The highest BCUT2D eigenvalue weighted by molar-refractivity contribution is 5.84. The molecule has 1 heterocycles. The van der Waals surface area contributed by atoms with Gasteiger partial charge in [0.15, 0.2) is 0 Å². The summed E-state index contributed by atoms with van der Waals surface area (Å²) in [6.45, 7) is 9.64. The van der Waals surface area contributed by atoms with E-state index in [-0.39, 0.29) is 5.92 Å². The number of piperidine rings is 1. The van der Waals surface area contributed by atoms with E-state index in [1.54, 1.807) is 0 Å². The van der Waals surface area contributed by atoms with Crippen molar-refractivity contribution in [2.24, 2.45) is 17.3 Å². The van der Waals surface area contributed by atoms with Crippen molar-refractivity contribution < 1.29 is 14.6 Å². The number of hydrogen-bond acceptors (Lipinski definition) is 3. The van der Waals surface area contributed by atoms with E-state index in [2.05, 4.69) is 62.1 Å². The second-order valence-electron chi connectivity index (χ2n) is 10.4. The summed E-state index contributed by atoms with van der Waals surface area (Å²) in [6.07, 6.45) is 5.34. The third-order valence-corrected chi connectivity index (χ3v) is 6.87. The molecule has 1 aliphatic carbocycles. The van der Waals surface area contributed by atoms with Crippen molar-refractivity contribution in [2.75, 3.05) is 13.1 Å². The van der Waals surface area contributed by atoms with E-state index in [0.29, 0.717) is 17.4 Å². The Bertz CT molecular complexity index is 898. The van der Waals surface area contributed by atoms with Gasteiger partial charge in [0.25, 0.3) is 0 Å². The molecule has 1 aliphatic heterocycles. The summed E-state index contributed by atoms with van der Waals surface area (Å²) in [4.78, 5) is 13.5. The van der Waals surface area contributed by atoms with Gasteiger partial charge < -0.3 is 9.84 Å². The fraction of sp³-hybridized carbons (Fsp3) is 0.577. The summed E-state index contributed by atoms with van der Waals surface area (Å²) in [5.41, 5.74) is 1.64. The topological polar surface area (TPSA) is 49.8 Å². The van der Waals surface area contributed by atoms with Crippen LogP contribution in [0.15, 0.2) is 36.4 Å². The normalized spacial score (nSPS) is 25.3. The van der Waals surface area contributed by atoms with E-state index >= 15 is 0 Å². The highest BCUT2D eigenvalue weighted by Crippen LogP contribution is 2.40. The summed E-state index contributed by atoms with van der Waals surface area (Å²) in [6, 6.07) is 13.1. The Balaban J connectivity index is 1.40. The van der Waals surface area contributed by atoms with E-state index < -0.39 is 5.97 Å². The highest BCUT2D eigenvalue weighted by atomic mass is 16.5. The molecule has 2 fully saturated rings. The van der Waals surface area contributed by atoms with Gasteiger partial charge in [0.1, 0.15) is 5.75 Å². The minimum absolute atomic E-state index is 0.172. The molecule has 2 atom stereocenters. The van der Waals surface area contributed by atoms with Crippen molar-refractivity contribution in [2.45, 2.75) is 65.5 Å². The van der Waals surface area contributed by atoms with Gasteiger partial charge in [-0.2, -0.15) is 0 Å². The van der Waals surface area contributed by atoms with Gasteiger partial charge in [0.2, 0.25) is 0 Å². The summed E-state index contributed by atoms with van der Waals surface area (Å²) < 4.78 is 6.39. The summed E-state index contributed by atoms with van der Waals surface area (Å²) in [7, 11) is 0. The Hall–Kier alpha value is -2.07. The van der Waals surface area contributed by atoms with Crippen LogP contribution >= 0.6 is 0 Å². The largest absolute Gasteiger partial charge is 0.490 e. The Kier molecular flexibility index (Phi) is 6.06. The first-order chi connectivity index (χ1) is 14.3. The molecular weight excluding hydrogens is 374 g/mol. The van der Waals surface area contributed by atoms with Crippen LogP contribution in [0.1, 0.15) is 58.4 Å². The second-order valence-corrected chi connectivity index (χ2v) is 10.4. The fourth-order valence-electron chi connectivity index (χ4n) is 5.58. The molecule has 1 N–H and O–H groups in total. The van der Waals surface area contributed by atoms with Gasteiger partial charge in [-0.15, -0.1) is 0 Å². The lowest BCUT2D eigenvalue weighted by Gasteiger charge is -2.38. The molecule has 0 aromatic heterocycles. The van der Waals surface area contributed by atoms with Gasteiger partial charge in [-0.3, -0.25) is 9.69 Å². The monoisotopic (exact) mass is 409 g/mol. The average Bonchev–Trinajstić information content (AvgIpc) is 2.67. The number of carbonyl (C=O) groups is 1. The molecule has 0 radical (unpaired) electrons. The van der Waals surface area contributed by atoms with E-state index in [0.717, 1.165) is 51.1 Å². The standard InChI is InChI=1S/C26H35NO3/c1-18-12-24(16-26(2,3)15-18)30-23-7-6-21-13-19(4-5-22(21)14-23)17-27-10-8-20(9-11-27)25(28)29/h4-7,13-14,18,20,24H,8-12,15-17H2,1-3H3,(H,28,29). The van der Waals surface area contributed by atoms with Gasteiger partial charge in [-0.25, -0.2) is 0 Å². The van der Waals surface area contributed by atoms with E-state index in [4.69, 9.17) is 9.84 Å². The van der Waals surface area contributed by atoms with Crippen LogP contribution in [0.5, 0.6) is 5.75 Å². The Morgan fingerprint density at radius 1 is 1.10 bits per heavy atom. The summed E-state index contributed by atoms with van der Waals surface area (Å²) in [5.74, 6) is 0.863. The number of hydrogen-bond donors (Lipinski definition) is 1. The molecule has 2 aliphatic rings. The van der Waals surface area contributed by atoms with Crippen molar-refractivity contribution in [1.82, 2.24) is 4.90 Å². The quantitative estimate of drug-likeness (QED) is 0.685. The molecule has 2 unspecified atom stereocenters. The first-order valence-electron chi connectivity index (χ1n) is 11.4. The van der Waals surface area contributed by atoms with E-state index in [1.807, 2.05) is 0 Å². The fourth-order valence-corrected chi connectivity index (χ4v) is 5.58. The van der Waals surface area contributed by atoms with Crippen LogP contribution < -0.4 is 4.74 Å². The highest BCUT2D eigenvalue weighted by Gasteiger charge is 2.33. The maximum atomic E-state index is 11.1. The number of nitrogens with zero attached hydrogens (tertiary/aromatic N) is 1. The summed E-state index contributed by atoms with van der Waals surface area (Å²) >= 11 is 0. The smallest absolute Gasteiger partial charge is 0.306 e. The molecule has 162 valence electrons. The van der Waals surface area contributed by atoms with Crippen LogP contribution in [-0.4, -0.2) is 35.2 Å². The molecule has 0 amide bonds. The number of likely N-dealkylation sites (tertiary alicyclic amines) is 1. The molecule has 2 aromatic rings. The van der Waals surface area contributed by atoms with E-state index in [9.17, 15) is 4.79 Å². The predicted molar refractivity (Wildman–Crippen MR) is 121 cm³/mol. The summed E-state index contributed by atoms with van der Waals surface area (Å²) in [5, 5.41) is 11.6. The maximum absolute atomic E-state index is 11.1. The number of ether oxygens (including phenoxy) is 1. The molecule has 2 aromatic carbocycles.